The maximum atomic E-state index is 15.0. The van der Waals surface area contributed by atoms with Crippen molar-refractivity contribution in [2.75, 3.05) is 4.90 Å². The van der Waals surface area contributed by atoms with Crippen LogP contribution in [0.1, 0.15) is 35.4 Å². The molecular weight excluding hydrogens is 556 g/mol. The van der Waals surface area contributed by atoms with Crippen molar-refractivity contribution >= 4 is 40.9 Å². The quantitative estimate of drug-likeness (QED) is 0.258. The number of fused-ring (bicyclic) bond motifs is 4. The average Bonchev–Trinajstić information content (AvgIpc) is 3.35. The summed E-state index contributed by atoms with van der Waals surface area (Å²) in [6.45, 7) is 1.76. The molecule has 6 atom stereocenters. The highest BCUT2D eigenvalue weighted by atomic mass is 35.5. The molecule has 212 valence electrons. The Morgan fingerprint density at radius 2 is 1.64 bits per heavy atom. The number of nitrogens with zero attached hydrogens (tertiary/aromatic N) is 2. The van der Waals surface area contributed by atoms with Crippen molar-refractivity contribution in [1.29, 1.82) is 0 Å². The Bertz CT molecular complexity index is 1720. The number of aryl methyl sites for hydroxylation is 1. The topological polar surface area (TPSA) is 115 Å². The predicted octanol–water partition coefficient (Wildman–Crippen LogP) is 4.91. The third-order valence-electron chi connectivity index (χ3n) is 9.70. The summed E-state index contributed by atoms with van der Waals surface area (Å²) in [5.74, 6) is -5.78. The number of hydrogen-bond acceptors (Lipinski definition) is 6. The largest absolute Gasteiger partial charge is 0.508 e. The molecule has 0 bridgehead atoms. The SMILES string of the molecule is Cc1cc([C@H]2C3=CC[C@@H]4C(=O)N(O)C(=O)[C@@H]4[C@@H]3C[C@H]3C(=O)N(c4cccc(Cl)c4)C(=O)[C@@]23c2ccccc2)ccc1O. The van der Waals surface area contributed by atoms with E-state index in [0.717, 1.165) is 5.57 Å². The van der Waals surface area contributed by atoms with Gasteiger partial charge in [0.2, 0.25) is 11.8 Å². The molecule has 2 aliphatic heterocycles. The van der Waals surface area contributed by atoms with Crippen molar-refractivity contribution in [3.05, 3.63) is 106 Å². The zero-order valence-electron chi connectivity index (χ0n) is 22.6. The Labute approximate surface area is 246 Å². The van der Waals surface area contributed by atoms with Gasteiger partial charge in [0.05, 0.1) is 28.9 Å². The maximum absolute atomic E-state index is 15.0. The normalized spacial score (nSPS) is 30.3. The van der Waals surface area contributed by atoms with E-state index >= 15 is 4.79 Å². The Hall–Kier alpha value is -4.27. The fraction of sp³-hybridized carbons (Fsp3) is 0.273. The van der Waals surface area contributed by atoms with E-state index < -0.39 is 58.6 Å². The zero-order valence-corrected chi connectivity index (χ0v) is 23.4. The van der Waals surface area contributed by atoms with E-state index in [1.165, 1.54) is 4.90 Å². The fourth-order valence-electron chi connectivity index (χ4n) is 7.96. The van der Waals surface area contributed by atoms with Crippen molar-refractivity contribution < 1.29 is 29.5 Å². The number of allylic oxidation sites excluding steroid dienone is 2. The Morgan fingerprint density at radius 1 is 0.881 bits per heavy atom. The molecule has 3 aromatic carbocycles. The Kier molecular flexibility index (Phi) is 5.94. The highest BCUT2D eigenvalue weighted by Gasteiger charge is 2.70. The van der Waals surface area contributed by atoms with Gasteiger partial charge in [-0.1, -0.05) is 71.8 Å². The summed E-state index contributed by atoms with van der Waals surface area (Å²) in [5.41, 5.74) is 1.72. The molecule has 2 heterocycles. The first-order valence-corrected chi connectivity index (χ1v) is 14.3. The molecular formula is C33H27ClN2O6. The van der Waals surface area contributed by atoms with E-state index in [4.69, 9.17) is 11.6 Å². The van der Waals surface area contributed by atoms with E-state index in [1.807, 2.05) is 42.5 Å². The first kappa shape index (κ1) is 26.6. The molecule has 0 unspecified atom stereocenters. The number of anilines is 1. The van der Waals surface area contributed by atoms with Gasteiger partial charge in [-0.15, -0.1) is 0 Å². The van der Waals surface area contributed by atoms with Crippen LogP contribution in [0.4, 0.5) is 5.69 Å². The van der Waals surface area contributed by atoms with E-state index in [1.54, 1.807) is 43.3 Å². The predicted molar refractivity (Wildman–Crippen MR) is 153 cm³/mol. The summed E-state index contributed by atoms with van der Waals surface area (Å²) >= 11 is 6.30. The molecule has 42 heavy (non-hydrogen) atoms. The van der Waals surface area contributed by atoms with E-state index in [9.17, 15) is 24.7 Å². The van der Waals surface area contributed by atoms with Crippen molar-refractivity contribution in [2.45, 2.75) is 31.1 Å². The fourth-order valence-corrected chi connectivity index (χ4v) is 8.14. The standard InChI is InChI=1S/C33H27ClN2O6/c1-17-14-18(10-13-26(17)37)28-22-11-12-23-27(31(40)36(42)29(23)38)24(22)16-25-30(39)35(21-9-5-8-20(34)15-21)32(41)33(25,28)19-6-3-2-4-7-19/h2-11,13-15,23-25,27-28,37,42H,12,16H2,1H3/t23-,24+,25-,27-,28-,33+/m0/s1. The van der Waals surface area contributed by atoms with Crippen LogP contribution in [0, 0.1) is 30.6 Å². The van der Waals surface area contributed by atoms with Gasteiger partial charge in [0.25, 0.3) is 11.8 Å². The minimum atomic E-state index is -1.39. The molecule has 2 N–H and O–H groups in total. The van der Waals surface area contributed by atoms with Crippen LogP contribution in [0.25, 0.3) is 0 Å². The lowest BCUT2D eigenvalue weighted by Gasteiger charge is -2.50. The number of carbonyl (C=O) groups is 4. The second-order valence-electron chi connectivity index (χ2n) is 11.6. The molecule has 3 aromatic rings. The molecule has 3 fully saturated rings. The highest BCUT2D eigenvalue weighted by Crippen LogP contribution is 2.64. The van der Waals surface area contributed by atoms with Gasteiger partial charge in [-0.05, 0) is 66.6 Å². The second-order valence-corrected chi connectivity index (χ2v) is 12.1. The van der Waals surface area contributed by atoms with E-state index in [-0.39, 0.29) is 23.7 Å². The second kappa shape index (κ2) is 9.37. The third-order valence-corrected chi connectivity index (χ3v) is 9.93. The summed E-state index contributed by atoms with van der Waals surface area (Å²) in [5, 5.41) is 21.3. The van der Waals surface area contributed by atoms with Gasteiger partial charge in [0.15, 0.2) is 0 Å². The third kappa shape index (κ3) is 3.45. The van der Waals surface area contributed by atoms with Crippen LogP contribution >= 0.6 is 11.6 Å². The van der Waals surface area contributed by atoms with Crippen molar-refractivity contribution in [1.82, 2.24) is 5.06 Å². The molecule has 0 aromatic heterocycles. The van der Waals surface area contributed by atoms with Crippen molar-refractivity contribution in [3.8, 4) is 5.75 Å². The summed E-state index contributed by atoms with van der Waals surface area (Å²) < 4.78 is 0. The van der Waals surface area contributed by atoms with Crippen LogP contribution in [0.3, 0.4) is 0 Å². The van der Waals surface area contributed by atoms with Crippen molar-refractivity contribution in [2.24, 2.45) is 23.7 Å². The molecule has 4 aliphatic rings. The number of phenols is 1. The average molecular weight is 583 g/mol. The van der Waals surface area contributed by atoms with Crippen LogP contribution in [0.15, 0.2) is 84.4 Å². The number of carbonyl (C=O) groups excluding carboxylic acids is 4. The molecule has 7 rings (SSSR count). The van der Waals surface area contributed by atoms with Crippen LogP contribution in [0.2, 0.25) is 5.02 Å². The summed E-state index contributed by atoms with van der Waals surface area (Å²) in [6.07, 6.45) is 2.29. The maximum Gasteiger partial charge on any atom is 0.257 e. The molecule has 9 heteroatoms. The van der Waals surface area contributed by atoms with Crippen LogP contribution in [-0.4, -0.2) is 39.0 Å². The number of aromatic hydroxyl groups is 1. The number of phenolic OH excluding ortho intramolecular Hbond substituents is 1. The first-order chi connectivity index (χ1) is 20.2. The molecule has 1 saturated carbocycles. The molecule has 2 aliphatic carbocycles. The number of hydroxylamine groups is 2. The lowest BCUT2D eigenvalue weighted by atomic mass is 9.49. The van der Waals surface area contributed by atoms with Crippen molar-refractivity contribution in [3.63, 3.8) is 0 Å². The number of benzene rings is 3. The molecule has 0 radical (unpaired) electrons. The van der Waals surface area contributed by atoms with E-state index in [0.29, 0.717) is 27.4 Å². The monoisotopic (exact) mass is 582 g/mol. The molecule has 8 nitrogen and oxygen atoms in total. The first-order valence-electron chi connectivity index (χ1n) is 13.9. The van der Waals surface area contributed by atoms with E-state index in [2.05, 4.69) is 0 Å². The number of rotatable bonds is 3. The molecule has 2 saturated heterocycles. The highest BCUT2D eigenvalue weighted by molar-refractivity contribution is 6.32. The molecule has 4 amide bonds. The summed E-state index contributed by atoms with van der Waals surface area (Å²) in [7, 11) is 0. The van der Waals surface area contributed by atoms with Gasteiger partial charge in [0, 0.05) is 10.9 Å². The zero-order chi connectivity index (χ0) is 29.5. The summed E-state index contributed by atoms with van der Waals surface area (Å²) in [4.78, 5) is 56.8. The number of amides is 4. The van der Waals surface area contributed by atoms with Gasteiger partial charge in [-0.3, -0.25) is 24.4 Å². The summed E-state index contributed by atoms with van der Waals surface area (Å²) in [6, 6.07) is 21.0. The van der Waals surface area contributed by atoms with Crippen LogP contribution in [0.5, 0.6) is 5.75 Å². The van der Waals surface area contributed by atoms with Gasteiger partial charge in [0.1, 0.15) is 5.75 Å². The molecule has 0 spiro atoms. The minimum absolute atomic E-state index is 0.0935. The van der Waals surface area contributed by atoms with Gasteiger partial charge in [-0.2, -0.15) is 5.06 Å². The lowest BCUT2D eigenvalue weighted by Crippen LogP contribution is -2.53. The van der Waals surface area contributed by atoms with Gasteiger partial charge >= 0.3 is 0 Å². The number of imide groups is 2. The Morgan fingerprint density at radius 3 is 2.36 bits per heavy atom. The lowest BCUT2D eigenvalue weighted by molar-refractivity contribution is -0.173. The Balaban J connectivity index is 1.52. The number of halogens is 1. The van der Waals surface area contributed by atoms with Crippen LogP contribution in [-0.2, 0) is 24.6 Å². The van der Waals surface area contributed by atoms with Gasteiger partial charge in [-0.25, -0.2) is 4.90 Å². The minimum Gasteiger partial charge on any atom is -0.508 e. The van der Waals surface area contributed by atoms with Crippen LogP contribution < -0.4 is 4.90 Å². The smallest absolute Gasteiger partial charge is 0.257 e. The number of hydrogen-bond donors (Lipinski definition) is 2. The van der Waals surface area contributed by atoms with Gasteiger partial charge < -0.3 is 5.11 Å².